The number of benzene rings is 2. The van der Waals surface area contributed by atoms with Gasteiger partial charge >= 0.3 is 0 Å². The first-order chi connectivity index (χ1) is 16.1. The summed E-state index contributed by atoms with van der Waals surface area (Å²) < 4.78 is 33.3. The number of piperidine rings is 1. The number of rotatable bonds is 9. The Labute approximate surface area is 200 Å². The molecule has 0 aliphatic carbocycles. The Morgan fingerprint density at radius 3 is 2.47 bits per heavy atom. The Hall–Kier alpha value is -2.98. The molecule has 3 rings (SSSR count). The van der Waals surface area contributed by atoms with E-state index in [1.807, 2.05) is 31.2 Å². The number of nitro groups is 1. The third kappa shape index (κ3) is 5.92. The van der Waals surface area contributed by atoms with Crippen LogP contribution in [-0.2, 0) is 14.8 Å². The largest absolute Gasteiger partial charge is 0.493 e. The van der Waals surface area contributed by atoms with E-state index < -0.39 is 14.9 Å². The van der Waals surface area contributed by atoms with E-state index in [1.54, 1.807) is 18.9 Å². The van der Waals surface area contributed by atoms with Crippen LogP contribution in [0.5, 0.6) is 5.75 Å². The quantitative estimate of drug-likeness (QED) is 0.303. The van der Waals surface area contributed by atoms with E-state index in [2.05, 4.69) is 0 Å². The van der Waals surface area contributed by atoms with Crippen LogP contribution in [0.4, 0.5) is 5.69 Å². The summed E-state index contributed by atoms with van der Waals surface area (Å²) >= 11 is 0. The number of amides is 1. The SMILES string of the molecule is Cc1ccccc1OCCCN(C)C(=O)C1CCN(S(=O)(=O)c2cc([N+](=O)[O-])ccc2C)CC1. The van der Waals surface area contributed by atoms with Gasteiger partial charge in [0.15, 0.2) is 0 Å². The molecule has 1 fully saturated rings. The van der Waals surface area contributed by atoms with Crippen LogP contribution in [0, 0.1) is 29.9 Å². The molecule has 0 unspecified atom stereocenters. The molecule has 1 aliphatic heterocycles. The topological polar surface area (TPSA) is 110 Å². The molecule has 0 atom stereocenters. The Kier molecular flexibility index (Phi) is 8.27. The maximum Gasteiger partial charge on any atom is 0.270 e. The van der Waals surface area contributed by atoms with Gasteiger partial charge in [0, 0.05) is 44.7 Å². The van der Waals surface area contributed by atoms with Gasteiger partial charge in [-0.3, -0.25) is 14.9 Å². The van der Waals surface area contributed by atoms with Gasteiger partial charge in [0.25, 0.3) is 5.69 Å². The number of sulfonamides is 1. The van der Waals surface area contributed by atoms with Crippen molar-refractivity contribution < 1.29 is 22.9 Å². The molecule has 34 heavy (non-hydrogen) atoms. The van der Waals surface area contributed by atoms with Crippen molar-refractivity contribution in [3.8, 4) is 5.75 Å². The molecular formula is C24H31N3O6S. The second-order valence-electron chi connectivity index (χ2n) is 8.61. The van der Waals surface area contributed by atoms with Crippen molar-refractivity contribution in [1.29, 1.82) is 0 Å². The number of ether oxygens (including phenoxy) is 1. The third-order valence-electron chi connectivity index (χ3n) is 6.17. The minimum Gasteiger partial charge on any atom is -0.493 e. The average Bonchev–Trinajstić information content (AvgIpc) is 2.82. The van der Waals surface area contributed by atoms with Gasteiger partial charge in [-0.25, -0.2) is 8.42 Å². The molecule has 0 aromatic heterocycles. The van der Waals surface area contributed by atoms with Crippen molar-refractivity contribution in [3.63, 3.8) is 0 Å². The number of para-hydroxylation sites is 1. The van der Waals surface area contributed by atoms with Crippen molar-refractivity contribution >= 4 is 21.6 Å². The Morgan fingerprint density at radius 2 is 1.82 bits per heavy atom. The van der Waals surface area contributed by atoms with E-state index in [4.69, 9.17) is 4.74 Å². The maximum absolute atomic E-state index is 13.1. The molecule has 1 heterocycles. The summed E-state index contributed by atoms with van der Waals surface area (Å²) in [5.41, 5.74) is 1.26. The lowest BCUT2D eigenvalue weighted by atomic mass is 9.96. The van der Waals surface area contributed by atoms with Crippen LogP contribution in [-0.4, -0.2) is 61.7 Å². The molecule has 0 radical (unpaired) electrons. The van der Waals surface area contributed by atoms with Gasteiger partial charge in [0.1, 0.15) is 5.75 Å². The monoisotopic (exact) mass is 489 g/mol. The highest BCUT2D eigenvalue weighted by Crippen LogP contribution is 2.29. The highest BCUT2D eigenvalue weighted by atomic mass is 32.2. The van der Waals surface area contributed by atoms with Crippen LogP contribution in [0.2, 0.25) is 0 Å². The zero-order chi connectivity index (χ0) is 24.9. The van der Waals surface area contributed by atoms with Crippen LogP contribution in [0.1, 0.15) is 30.4 Å². The lowest BCUT2D eigenvalue weighted by molar-refractivity contribution is -0.385. The van der Waals surface area contributed by atoms with Crippen molar-refractivity contribution in [3.05, 3.63) is 63.7 Å². The lowest BCUT2D eigenvalue weighted by Gasteiger charge is -2.32. The standard InChI is InChI=1S/C24H31N3O6S/c1-18-7-4-5-8-22(18)33-16-6-13-25(3)24(28)20-11-14-26(15-12-20)34(31,32)23-17-21(27(29)30)10-9-19(23)2/h4-5,7-10,17,20H,6,11-16H2,1-3H3. The normalized spacial score (nSPS) is 15.1. The Balaban J connectivity index is 1.51. The average molecular weight is 490 g/mol. The van der Waals surface area contributed by atoms with Gasteiger partial charge in [-0.2, -0.15) is 4.31 Å². The zero-order valence-electron chi connectivity index (χ0n) is 19.8. The zero-order valence-corrected chi connectivity index (χ0v) is 20.6. The fourth-order valence-corrected chi connectivity index (χ4v) is 5.80. The van der Waals surface area contributed by atoms with Crippen LogP contribution >= 0.6 is 0 Å². The van der Waals surface area contributed by atoms with E-state index >= 15 is 0 Å². The van der Waals surface area contributed by atoms with Crippen LogP contribution in [0.15, 0.2) is 47.4 Å². The number of nitrogens with zero attached hydrogens (tertiary/aromatic N) is 3. The van der Waals surface area contributed by atoms with Crippen molar-refractivity contribution in [2.45, 2.75) is 38.0 Å². The molecule has 0 spiro atoms. The molecule has 1 amide bonds. The van der Waals surface area contributed by atoms with Crippen LogP contribution in [0.25, 0.3) is 0 Å². The number of non-ortho nitro benzene ring substituents is 1. The van der Waals surface area contributed by atoms with E-state index in [0.29, 0.717) is 38.0 Å². The van der Waals surface area contributed by atoms with Gasteiger partial charge in [0.05, 0.1) is 16.4 Å². The molecule has 0 bridgehead atoms. The number of carbonyl (C=O) groups is 1. The summed E-state index contributed by atoms with van der Waals surface area (Å²) in [4.78, 5) is 25.0. The van der Waals surface area contributed by atoms with Gasteiger partial charge < -0.3 is 9.64 Å². The fraction of sp³-hybridized carbons (Fsp3) is 0.458. The Morgan fingerprint density at radius 1 is 1.15 bits per heavy atom. The number of carbonyl (C=O) groups excluding carboxylic acids is 1. The van der Waals surface area contributed by atoms with Crippen molar-refractivity contribution in [2.75, 3.05) is 33.3 Å². The highest BCUT2D eigenvalue weighted by Gasteiger charge is 2.34. The van der Waals surface area contributed by atoms with E-state index in [-0.39, 0.29) is 35.5 Å². The minimum absolute atomic E-state index is 0.000492. The number of aryl methyl sites for hydroxylation is 2. The predicted molar refractivity (Wildman–Crippen MR) is 128 cm³/mol. The maximum atomic E-state index is 13.1. The van der Waals surface area contributed by atoms with Crippen LogP contribution in [0.3, 0.4) is 0 Å². The second-order valence-corrected chi connectivity index (χ2v) is 10.5. The molecule has 2 aromatic carbocycles. The minimum atomic E-state index is -3.88. The lowest BCUT2D eigenvalue weighted by Crippen LogP contribution is -2.43. The summed E-state index contributed by atoms with van der Waals surface area (Å²) in [6, 6.07) is 11.6. The molecule has 10 heteroatoms. The van der Waals surface area contributed by atoms with Gasteiger partial charge in [-0.05, 0) is 50.3 Å². The summed E-state index contributed by atoms with van der Waals surface area (Å²) in [6.45, 7) is 5.05. The molecule has 1 aliphatic rings. The van der Waals surface area contributed by atoms with Crippen molar-refractivity contribution in [1.82, 2.24) is 9.21 Å². The van der Waals surface area contributed by atoms with Gasteiger partial charge in [-0.1, -0.05) is 24.3 Å². The summed E-state index contributed by atoms with van der Waals surface area (Å²) in [7, 11) is -2.12. The predicted octanol–water partition coefficient (Wildman–Crippen LogP) is 3.54. The van der Waals surface area contributed by atoms with E-state index in [0.717, 1.165) is 17.4 Å². The van der Waals surface area contributed by atoms with Crippen LogP contribution < -0.4 is 4.74 Å². The second kappa shape index (κ2) is 11.0. The molecule has 1 saturated heterocycles. The molecule has 184 valence electrons. The number of nitro benzene ring substituents is 1. The molecule has 0 saturated carbocycles. The summed E-state index contributed by atoms with van der Waals surface area (Å²) in [6.07, 6.45) is 1.52. The Bertz CT molecular complexity index is 1140. The van der Waals surface area contributed by atoms with Gasteiger partial charge in [-0.15, -0.1) is 0 Å². The molecular weight excluding hydrogens is 458 g/mol. The summed E-state index contributed by atoms with van der Waals surface area (Å²) in [5.74, 6) is 0.587. The van der Waals surface area contributed by atoms with E-state index in [1.165, 1.54) is 16.4 Å². The first kappa shape index (κ1) is 25.6. The highest BCUT2D eigenvalue weighted by molar-refractivity contribution is 7.89. The first-order valence-corrected chi connectivity index (χ1v) is 12.7. The molecule has 2 aromatic rings. The molecule has 0 N–H and O–H groups in total. The fourth-order valence-electron chi connectivity index (χ4n) is 4.09. The van der Waals surface area contributed by atoms with Gasteiger partial charge in [0.2, 0.25) is 15.9 Å². The smallest absolute Gasteiger partial charge is 0.270 e. The summed E-state index contributed by atoms with van der Waals surface area (Å²) in [5, 5.41) is 11.1. The third-order valence-corrected chi connectivity index (χ3v) is 8.21. The first-order valence-electron chi connectivity index (χ1n) is 11.3. The number of hydrogen-bond acceptors (Lipinski definition) is 6. The van der Waals surface area contributed by atoms with Crippen molar-refractivity contribution in [2.24, 2.45) is 5.92 Å². The number of hydrogen-bond donors (Lipinski definition) is 0. The van der Waals surface area contributed by atoms with E-state index in [9.17, 15) is 23.3 Å². The molecule has 9 nitrogen and oxygen atoms in total.